The zero-order valence-electron chi connectivity index (χ0n) is 10.7. The number of rotatable bonds is 7. The fraction of sp³-hybridized carbons (Fsp3) is 0.385. The Morgan fingerprint density at radius 1 is 1.37 bits per heavy atom. The zero-order chi connectivity index (χ0) is 14.3. The summed E-state index contributed by atoms with van der Waals surface area (Å²) in [6.45, 7) is 1.55. The normalized spacial score (nSPS) is 11.7. The molecule has 0 aliphatic carbocycles. The molecule has 0 fully saturated rings. The first-order chi connectivity index (χ1) is 9.04. The molecule has 3 N–H and O–H groups in total. The van der Waals surface area contributed by atoms with Gasteiger partial charge in [0.15, 0.2) is 6.61 Å². The van der Waals surface area contributed by atoms with E-state index in [-0.39, 0.29) is 6.42 Å². The lowest BCUT2D eigenvalue weighted by Crippen LogP contribution is -2.19. The second kappa shape index (κ2) is 7.38. The van der Waals surface area contributed by atoms with Gasteiger partial charge in [-0.2, -0.15) is 0 Å². The van der Waals surface area contributed by atoms with E-state index in [4.69, 9.17) is 20.3 Å². The van der Waals surface area contributed by atoms with E-state index in [1.165, 1.54) is 0 Å². The van der Waals surface area contributed by atoms with E-state index >= 15 is 0 Å². The molecule has 0 bridgehead atoms. The molecule has 0 saturated heterocycles. The number of aliphatic carboxylic acids is 1. The Morgan fingerprint density at radius 2 is 2.05 bits per heavy atom. The highest BCUT2D eigenvalue weighted by Gasteiger charge is 2.16. The Bertz CT molecular complexity index is 446. The van der Waals surface area contributed by atoms with Crippen LogP contribution in [-0.4, -0.2) is 30.3 Å². The molecule has 1 rings (SSSR count). The molecule has 0 saturated carbocycles. The second-order valence-corrected chi connectivity index (χ2v) is 3.84. The van der Waals surface area contributed by atoms with Crippen LogP contribution in [0.3, 0.4) is 0 Å². The van der Waals surface area contributed by atoms with Crippen LogP contribution in [0.25, 0.3) is 0 Å². The van der Waals surface area contributed by atoms with Gasteiger partial charge in [-0.15, -0.1) is 0 Å². The number of carbonyl (C=O) groups is 2. The van der Waals surface area contributed by atoms with Crippen LogP contribution >= 0.6 is 0 Å². The lowest BCUT2D eigenvalue weighted by molar-refractivity contribution is -0.143. The molecule has 1 unspecified atom stereocenters. The number of hydrogen-bond donors (Lipinski definition) is 2. The van der Waals surface area contributed by atoms with E-state index in [1.54, 1.807) is 31.2 Å². The van der Waals surface area contributed by atoms with Crippen LogP contribution in [0.15, 0.2) is 24.3 Å². The minimum absolute atomic E-state index is 0.0152. The third-order valence-electron chi connectivity index (χ3n) is 2.36. The van der Waals surface area contributed by atoms with Crippen LogP contribution < -0.4 is 10.5 Å². The highest BCUT2D eigenvalue weighted by molar-refractivity contribution is 5.71. The van der Waals surface area contributed by atoms with Gasteiger partial charge in [0.1, 0.15) is 5.75 Å². The van der Waals surface area contributed by atoms with Crippen molar-refractivity contribution in [3.63, 3.8) is 0 Å². The lowest BCUT2D eigenvalue weighted by Gasteiger charge is -2.15. The van der Waals surface area contributed by atoms with E-state index in [2.05, 4.69) is 0 Å². The molecular weight excluding hydrogens is 250 g/mol. The van der Waals surface area contributed by atoms with Gasteiger partial charge in [0.25, 0.3) is 0 Å². The minimum atomic E-state index is -1.08. The summed E-state index contributed by atoms with van der Waals surface area (Å²) in [7, 11) is 0. The number of carboxylic acid groups (broad SMARTS) is 1. The Morgan fingerprint density at radius 3 is 2.68 bits per heavy atom. The summed E-state index contributed by atoms with van der Waals surface area (Å²) in [5.74, 6) is -1.11. The summed E-state index contributed by atoms with van der Waals surface area (Å²) in [6.07, 6.45) is 0.0152. The Balaban J connectivity index is 2.75. The highest BCUT2D eigenvalue weighted by atomic mass is 16.5. The molecule has 0 amide bonds. The molecule has 1 atom stereocenters. The Hall–Kier alpha value is -2.08. The minimum Gasteiger partial charge on any atom is -0.482 e. The molecule has 104 valence electrons. The smallest absolute Gasteiger partial charge is 0.341 e. The monoisotopic (exact) mass is 267 g/mol. The molecular formula is C13H17NO5. The van der Waals surface area contributed by atoms with E-state index in [1.807, 2.05) is 0 Å². The largest absolute Gasteiger partial charge is 0.482 e. The molecule has 6 heteroatoms. The van der Waals surface area contributed by atoms with Gasteiger partial charge >= 0.3 is 11.9 Å². The van der Waals surface area contributed by atoms with Crippen molar-refractivity contribution in [1.29, 1.82) is 0 Å². The van der Waals surface area contributed by atoms with Crippen LogP contribution in [0.5, 0.6) is 5.75 Å². The predicted octanol–water partition coefficient (Wildman–Crippen LogP) is 1.10. The van der Waals surface area contributed by atoms with Crippen LogP contribution in [-0.2, 0) is 14.3 Å². The van der Waals surface area contributed by atoms with Crippen LogP contribution in [0.2, 0.25) is 0 Å². The number of benzene rings is 1. The van der Waals surface area contributed by atoms with E-state index in [9.17, 15) is 9.59 Å². The topological polar surface area (TPSA) is 98.9 Å². The number of esters is 1. The quantitative estimate of drug-likeness (QED) is 0.718. The van der Waals surface area contributed by atoms with Crippen molar-refractivity contribution in [1.82, 2.24) is 0 Å². The van der Waals surface area contributed by atoms with Crippen molar-refractivity contribution in [3.8, 4) is 5.75 Å². The lowest BCUT2D eigenvalue weighted by atomic mass is 10.0. The van der Waals surface area contributed by atoms with Gasteiger partial charge in [0, 0.05) is 11.6 Å². The maximum Gasteiger partial charge on any atom is 0.341 e. The molecule has 6 nitrogen and oxygen atoms in total. The molecule has 19 heavy (non-hydrogen) atoms. The third kappa shape index (κ3) is 4.97. The van der Waals surface area contributed by atoms with Gasteiger partial charge < -0.3 is 20.3 Å². The summed E-state index contributed by atoms with van der Waals surface area (Å²) in [5, 5.41) is 8.59. The standard InChI is InChI=1S/C13H17NO5/c1-2-18-13(17)7-10(14)9-5-3-4-6-11(9)19-8-12(15)16/h3-6,10H,2,7-8,14H2,1H3,(H,15,16). The molecule has 1 aromatic rings. The van der Waals surface area contributed by atoms with E-state index in [0.29, 0.717) is 17.9 Å². The number of para-hydroxylation sites is 1. The van der Waals surface area contributed by atoms with Gasteiger partial charge in [-0.3, -0.25) is 4.79 Å². The maximum absolute atomic E-state index is 11.4. The Kier molecular flexibility index (Phi) is 5.81. The van der Waals surface area contributed by atoms with Crippen molar-refractivity contribution in [2.75, 3.05) is 13.2 Å². The SMILES string of the molecule is CCOC(=O)CC(N)c1ccccc1OCC(=O)O. The molecule has 0 aromatic heterocycles. The van der Waals surface area contributed by atoms with Crippen molar-refractivity contribution in [2.45, 2.75) is 19.4 Å². The van der Waals surface area contributed by atoms with Crippen molar-refractivity contribution in [3.05, 3.63) is 29.8 Å². The average Bonchev–Trinajstić information content (AvgIpc) is 2.36. The van der Waals surface area contributed by atoms with Crippen molar-refractivity contribution >= 4 is 11.9 Å². The van der Waals surface area contributed by atoms with E-state index < -0.39 is 24.6 Å². The third-order valence-corrected chi connectivity index (χ3v) is 2.36. The van der Waals surface area contributed by atoms with Crippen LogP contribution in [0.4, 0.5) is 0 Å². The summed E-state index contributed by atoms with van der Waals surface area (Å²) in [4.78, 5) is 21.9. The molecule has 0 heterocycles. The van der Waals surface area contributed by atoms with Crippen molar-refractivity contribution < 1.29 is 24.2 Å². The van der Waals surface area contributed by atoms with Gasteiger partial charge in [0.2, 0.25) is 0 Å². The summed E-state index contributed by atoms with van der Waals surface area (Å²) < 4.78 is 9.95. The molecule has 0 spiro atoms. The van der Waals surface area contributed by atoms with Crippen LogP contribution in [0.1, 0.15) is 24.9 Å². The van der Waals surface area contributed by atoms with Crippen LogP contribution in [0, 0.1) is 0 Å². The maximum atomic E-state index is 11.4. The average molecular weight is 267 g/mol. The number of carboxylic acids is 1. The molecule has 0 aliphatic heterocycles. The number of nitrogens with two attached hydrogens (primary N) is 1. The van der Waals surface area contributed by atoms with Gasteiger partial charge in [-0.05, 0) is 13.0 Å². The second-order valence-electron chi connectivity index (χ2n) is 3.84. The first-order valence-corrected chi connectivity index (χ1v) is 5.89. The molecule has 0 aliphatic rings. The number of hydrogen-bond acceptors (Lipinski definition) is 5. The van der Waals surface area contributed by atoms with E-state index in [0.717, 1.165) is 0 Å². The number of ether oxygens (including phenoxy) is 2. The first kappa shape index (κ1) is 15.0. The van der Waals surface area contributed by atoms with Gasteiger partial charge in [-0.1, -0.05) is 18.2 Å². The summed E-state index contributed by atoms with van der Waals surface area (Å²) in [6, 6.07) is 6.17. The highest BCUT2D eigenvalue weighted by Crippen LogP contribution is 2.25. The Labute approximate surface area is 111 Å². The van der Waals surface area contributed by atoms with Crippen molar-refractivity contribution in [2.24, 2.45) is 5.73 Å². The van der Waals surface area contributed by atoms with Gasteiger partial charge in [0.05, 0.1) is 13.0 Å². The molecule has 1 aromatic carbocycles. The summed E-state index contributed by atoms with van der Waals surface area (Å²) in [5.41, 5.74) is 6.49. The van der Waals surface area contributed by atoms with Gasteiger partial charge in [-0.25, -0.2) is 4.79 Å². The fourth-order valence-corrected chi connectivity index (χ4v) is 1.57. The zero-order valence-corrected chi connectivity index (χ0v) is 10.7. The first-order valence-electron chi connectivity index (χ1n) is 5.89. The number of carbonyl (C=O) groups excluding carboxylic acids is 1. The summed E-state index contributed by atoms with van der Waals surface area (Å²) >= 11 is 0. The fourth-order valence-electron chi connectivity index (χ4n) is 1.57. The molecule has 0 radical (unpaired) electrons. The predicted molar refractivity (Wildman–Crippen MR) is 67.8 cm³/mol.